The molecule has 10 heteroatoms. The largest absolute Gasteiger partial charge is 0.415 e. The molecule has 21 heavy (non-hydrogen) atoms. The van der Waals surface area contributed by atoms with Crippen molar-refractivity contribution in [2.75, 3.05) is 11.1 Å². The molecular formula is C11H11N5O4S. The highest BCUT2D eigenvalue weighted by Gasteiger charge is 2.15. The number of hydrogen-bond donors (Lipinski definition) is 2. The van der Waals surface area contributed by atoms with Crippen molar-refractivity contribution in [2.24, 2.45) is 5.73 Å². The predicted octanol–water partition coefficient (Wildman–Crippen LogP) is 1.17. The van der Waals surface area contributed by atoms with Crippen molar-refractivity contribution < 1.29 is 14.1 Å². The average Bonchev–Trinajstić information content (AvgIpc) is 2.93. The number of rotatable bonds is 6. The van der Waals surface area contributed by atoms with Gasteiger partial charge >= 0.3 is 0 Å². The zero-order valence-electron chi connectivity index (χ0n) is 10.7. The molecule has 0 saturated heterocycles. The Hall–Kier alpha value is -2.46. The lowest BCUT2D eigenvalue weighted by molar-refractivity contribution is -0.383. The number of nitrogens with two attached hydrogens (primary N) is 1. The number of benzene rings is 1. The lowest BCUT2D eigenvalue weighted by atomic mass is 10.2. The molecule has 3 N–H and O–H groups in total. The van der Waals surface area contributed by atoms with Crippen LogP contribution < -0.4 is 11.1 Å². The lowest BCUT2D eigenvalue weighted by Gasteiger charge is -2.04. The van der Waals surface area contributed by atoms with Crippen molar-refractivity contribution >= 4 is 29.0 Å². The Morgan fingerprint density at radius 1 is 1.43 bits per heavy atom. The number of carbonyl (C=O) groups excluding carboxylic acids is 1. The van der Waals surface area contributed by atoms with Crippen molar-refractivity contribution in [3.05, 3.63) is 40.3 Å². The first-order valence-corrected chi connectivity index (χ1v) is 6.77. The molecular weight excluding hydrogens is 298 g/mol. The van der Waals surface area contributed by atoms with Crippen molar-refractivity contribution in [1.82, 2.24) is 10.2 Å². The molecule has 1 amide bonds. The quantitative estimate of drug-likeness (QED) is 0.460. The van der Waals surface area contributed by atoms with Crippen LogP contribution in [0.1, 0.15) is 5.89 Å². The van der Waals surface area contributed by atoms with E-state index in [-0.39, 0.29) is 34.8 Å². The van der Waals surface area contributed by atoms with Gasteiger partial charge in [-0.1, -0.05) is 23.9 Å². The van der Waals surface area contributed by atoms with Crippen molar-refractivity contribution in [3.63, 3.8) is 0 Å². The van der Waals surface area contributed by atoms with Gasteiger partial charge in [-0.3, -0.25) is 14.9 Å². The number of nitro groups is 1. The van der Waals surface area contributed by atoms with E-state index in [4.69, 9.17) is 10.2 Å². The Morgan fingerprint density at radius 2 is 2.19 bits per heavy atom. The fraction of sp³-hybridized carbons (Fsp3) is 0.182. The smallest absolute Gasteiger partial charge is 0.292 e. The summed E-state index contributed by atoms with van der Waals surface area (Å²) in [4.78, 5) is 22.0. The van der Waals surface area contributed by atoms with Crippen molar-refractivity contribution in [1.29, 1.82) is 0 Å². The Morgan fingerprint density at radius 3 is 2.86 bits per heavy atom. The molecule has 0 aliphatic heterocycles. The van der Waals surface area contributed by atoms with Gasteiger partial charge in [-0.2, -0.15) is 0 Å². The minimum absolute atomic E-state index is 0.0156. The summed E-state index contributed by atoms with van der Waals surface area (Å²) in [6.07, 6.45) is 0. The molecule has 0 fully saturated rings. The average molecular weight is 309 g/mol. The zero-order chi connectivity index (χ0) is 15.2. The molecule has 0 bridgehead atoms. The molecule has 0 aliphatic rings. The SMILES string of the molecule is NCc1nnc(SCC(=O)Nc2ccccc2[N+](=O)[O-])o1. The van der Waals surface area contributed by atoms with E-state index in [0.717, 1.165) is 11.8 Å². The normalized spacial score (nSPS) is 10.3. The van der Waals surface area contributed by atoms with Gasteiger partial charge in [0.25, 0.3) is 10.9 Å². The number of nitro benzene ring substituents is 1. The van der Waals surface area contributed by atoms with Crippen LogP contribution in [0.15, 0.2) is 33.9 Å². The first-order chi connectivity index (χ1) is 10.1. The van der Waals surface area contributed by atoms with E-state index in [1.807, 2.05) is 0 Å². The second-order valence-corrected chi connectivity index (χ2v) is 4.70. The predicted molar refractivity (Wildman–Crippen MR) is 74.6 cm³/mol. The van der Waals surface area contributed by atoms with Crippen LogP contribution in [-0.2, 0) is 11.3 Å². The third kappa shape index (κ3) is 4.00. The van der Waals surface area contributed by atoms with Crippen LogP contribution in [0.5, 0.6) is 0 Å². The van der Waals surface area contributed by atoms with Gasteiger partial charge in [-0.15, -0.1) is 10.2 Å². The summed E-state index contributed by atoms with van der Waals surface area (Å²) in [5.41, 5.74) is 5.29. The molecule has 0 saturated carbocycles. The number of para-hydroxylation sites is 2. The van der Waals surface area contributed by atoms with Gasteiger partial charge < -0.3 is 15.5 Å². The Kier molecular flexibility index (Phi) is 4.85. The highest BCUT2D eigenvalue weighted by atomic mass is 32.2. The molecule has 0 atom stereocenters. The van der Waals surface area contributed by atoms with Gasteiger partial charge in [0.1, 0.15) is 5.69 Å². The van der Waals surface area contributed by atoms with E-state index in [2.05, 4.69) is 15.5 Å². The van der Waals surface area contributed by atoms with Crippen LogP contribution in [-0.4, -0.2) is 26.8 Å². The van der Waals surface area contributed by atoms with Gasteiger partial charge in [0.15, 0.2) is 0 Å². The standard InChI is InChI=1S/C11H11N5O4S/c12-5-10-14-15-11(20-10)21-6-9(17)13-7-3-1-2-4-8(7)16(18)19/h1-4H,5-6,12H2,(H,13,17). The maximum absolute atomic E-state index is 11.8. The first-order valence-electron chi connectivity index (χ1n) is 5.78. The maximum Gasteiger partial charge on any atom is 0.292 e. The highest BCUT2D eigenvalue weighted by molar-refractivity contribution is 7.99. The Bertz CT molecular complexity index is 660. The van der Waals surface area contributed by atoms with Gasteiger partial charge in [0.2, 0.25) is 11.8 Å². The van der Waals surface area contributed by atoms with E-state index in [9.17, 15) is 14.9 Å². The summed E-state index contributed by atoms with van der Waals surface area (Å²) < 4.78 is 5.12. The number of hydrogen-bond acceptors (Lipinski definition) is 8. The van der Waals surface area contributed by atoms with E-state index in [1.165, 1.54) is 18.2 Å². The van der Waals surface area contributed by atoms with E-state index in [0.29, 0.717) is 0 Å². The second-order valence-electron chi connectivity index (χ2n) is 3.78. The van der Waals surface area contributed by atoms with Crippen LogP contribution >= 0.6 is 11.8 Å². The van der Waals surface area contributed by atoms with Crippen LogP contribution in [0.3, 0.4) is 0 Å². The summed E-state index contributed by atoms with van der Waals surface area (Å²) >= 11 is 1.02. The molecule has 1 aromatic heterocycles. The fourth-order valence-corrected chi connectivity index (χ4v) is 2.01. The summed E-state index contributed by atoms with van der Waals surface area (Å²) in [5.74, 6) is -0.156. The third-order valence-corrected chi connectivity index (χ3v) is 3.14. The first kappa shape index (κ1) is 14.9. The van der Waals surface area contributed by atoms with Gasteiger partial charge in [0, 0.05) is 6.07 Å². The minimum Gasteiger partial charge on any atom is -0.415 e. The number of amides is 1. The van der Waals surface area contributed by atoms with Crippen LogP contribution in [0, 0.1) is 10.1 Å². The molecule has 0 spiro atoms. The minimum atomic E-state index is -0.561. The number of nitrogens with zero attached hydrogens (tertiary/aromatic N) is 3. The molecule has 9 nitrogen and oxygen atoms in total. The molecule has 0 radical (unpaired) electrons. The highest BCUT2D eigenvalue weighted by Crippen LogP contribution is 2.24. The number of nitrogens with one attached hydrogen (secondary N) is 1. The molecule has 1 heterocycles. The number of carbonyl (C=O) groups is 1. The summed E-state index contributed by atoms with van der Waals surface area (Å²) in [6.45, 7) is 0.121. The van der Waals surface area contributed by atoms with Gasteiger partial charge in [-0.05, 0) is 6.07 Å². The molecule has 110 valence electrons. The van der Waals surface area contributed by atoms with Gasteiger partial charge in [-0.25, -0.2) is 0 Å². The summed E-state index contributed by atoms with van der Waals surface area (Å²) in [7, 11) is 0. The van der Waals surface area contributed by atoms with Crippen LogP contribution in [0.4, 0.5) is 11.4 Å². The molecule has 0 unspecified atom stereocenters. The summed E-state index contributed by atoms with van der Waals surface area (Å²) in [5, 5.41) is 20.8. The monoisotopic (exact) mass is 309 g/mol. The molecule has 0 aliphatic carbocycles. The van der Waals surface area contributed by atoms with E-state index >= 15 is 0 Å². The lowest BCUT2D eigenvalue weighted by Crippen LogP contribution is -2.15. The fourth-order valence-electron chi connectivity index (χ4n) is 1.43. The number of thioether (sulfide) groups is 1. The molecule has 2 aromatic rings. The van der Waals surface area contributed by atoms with Crippen molar-refractivity contribution in [2.45, 2.75) is 11.8 Å². The Balaban J connectivity index is 1.94. The topological polar surface area (TPSA) is 137 Å². The second kappa shape index (κ2) is 6.81. The third-order valence-electron chi connectivity index (χ3n) is 2.32. The Labute approximate surface area is 123 Å². The van der Waals surface area contributed by atoms with Gasteiger partial charge in [0.05, 0.1) is 17.2 Å². The van der Waals surface area contributed by atoms with Crippen molar-refractivity contribution in [3.8, 4) is 0 Å². The van der Waals surface area contributed by atoms with E-state index in [1.54, 1.807) is 6.07 Å². The maximum atomic E-state index is 11.8. The molecule has 2 rings (SSSR count). The van der Waals surface area contributed by atoms with E-state index < -0.39 is 10.8 Å². The zero-order valence-corrected chi connectivity index (χ0v) is 11.5. The van der Waals surface area contributed by atoms with Crippen LogP contribution in [0.2, 0.25) is 0 Å². The number of aromatic nitrogens is 2. The molecule has 1 aromatic carbocycles. The summed E-state index contributed by atoms with van der Waals surface area (Å²) in [6, 6.07) is 5.89. The number of anilines is 1. The van der Waals surface area contributed by atoms with Crippen LogP contribution in [0.25, 0.3) is 0 Å².